The minimum atomic E-state index is -3.61. The van der Waals surface area contributed by atoms with Crippen molar-refractivity contribution in [3.8, 4) is 0 Å². The van der Waals surface area contributed by atoms with E-state index in [0.29, 0.717) is 12.2 Å². The van der Waals surface area contributed by atoms with Crippen LogP contribution in [0.1, 0.15) is 23.6 Å². The summed E-state index contributed by atoms with van der Waals surface area (Å²) in [7, 11) is -1.93. The van der Waals surface area contributed by atoms with Crippen LogP contribution in [0, 0.1) is 13.8 Å². The third-order valence-electron chi connectivity index (χ3n) is 4.45. The molecule has 0 aromatic heterocycles. The summed E-state index contributed by atoms with van der Waals surface area (Å²) in [5.41, 5.74) is 3.55. The van der Waals surface area contributed by atoms with Crippen LogP contribution in [0.5, 0.6) is 0 Å². The standard InChI is InChI=1S/C20H26N2O3S/c1-15-11-12-19(13-16(15)2)22(26(5,24)25)17(3)20(23)21(4)14-18-9-7-6-8-10-18/h6-13,17H,14H2,1-5H3/t17-/m0/s1. The Bertz CT molecular complexity index is 879. The first kappa shape index (κ1) is 20.0. The number of sulfonamides is 1. The Hall–Kier alpha value is -2.34. The molecule has 0 saturated carbocycles. The average molecular weight is 375 g/mol. The van der Waals surface area contributed by atoms with Gasteiger partial charge in [0, 0.05) is 13.6 Å². The van der Waals surface area contributed by atoms with Crippen molar-refractivity contribution < 1.29 is 13.2 Å². The molecule has 1 amide bonds. The van der Waals surface area contributed by atoms with Gasteiger partial charge in [-0.15, -0.1) is 0 Å². The fourth-order valence-corrected chi connectivity index (χ4v) is 4.08. The smallest absolute Gasteiger partial charge is 0.246 e. The molecule has 0 bridgehead atoms. The number of hydrogen-bond donors (Lipinski definition) is 0. The zero-order valence-electron chi connectivity index (χ0n) is 15.9. The molecule has 0 heterocycles. The van der Waals surface area contributed by atoms with Crippen molar-refractivity contribution in [3.63, 3.8) is 0 Å². The molecule has 0 aliphatic rings. The highest BCUT2D eigenvalue weighted by atomic mass is 32.2. The maximum absolute atomic E-state index is 12.9. The molecule has 2 aromatic rings. The maximum atomic E-state index is 12.9. The van der Waals surface area contributed by atoms with Crippen LogP contribution in [-0.4, -0.2) is 38.6 Å². The van der Waals surface area contributed by atoms with E-state index in [1.165, 1.54) is 4.31 Å². The molecule has 0 radical (unpaired) electrons. The van der Waals surface area contributed by atoms with Gasteiger partial charge in [0.2, 0.25) is 15.9 Å². The minimum absolute atomic E-state index is 0.252. The van der Waals surface area contributed by atoms with Gasteiger partial charge in [-0.3, -0.25) is 9.10 Å². The molecule has 0 aliphatic heterocycles. The van der Waals surface area contributed by atoms with Gasteiger partial charge in [0.05, 0.1) is 11.9 Å². The van der Waals surface area contributed by atoms with Crippen LogP contribution in [0.3, 0.4) is 0 Å². The summed E-state index contributed by atoms with van der Waals surface area (Å²) < 4.78 is 26.0. The Morgan fingerprint density at radius 2 is 1.65 bits per heavy atom. The van der Waals surface area contributed by atoms with Gasteiger partial charge in [0.25, 0.3) is 0 Å². The molecule has 6 heteroatoms. The van der Waals surface area contributed by atoms with E-state index in [1.807, 2.05) is 50.2 Å². The van der Waals surface area contributed by atoms with Gasteiger partial charge in [-0.1, -0.05) is 36.4 Å². The SMILES string of the molecule is Cc1ccc(N([C@@H](C)C(=O)N(C)Cc2ccccc2)S(C)(=O)=O)cc1C. The highest BCUT2D eigenvalue weighted by Gasteiger charge is 2.31. The Labute approximate surface area is 156 Å². The first-order chi connectivity index (χ1) is 12.1. The van der Waals surface area contributed by atoms with Crippen molar-refractivity contribution in [1.29, 1.82) is 0 Å². The van der Waals surface area contributed by atoms with Crippen molar-refractivity contribution in [3.05, 3.63) is 65.2 Å². The molecule has 0 N–H and O–H groups in total. The van der Waals surface area contributed by atoms with Crippen molar-refractivity contribution in [2.75, 3.05) is 17.6 Å². The van der Waals surface area contributed by atoms with Crippen LogP contribution in [0.2, 0.25) is 0 Å². The minimum Gasteiger partial charge on any atom is -0.340 e. The number of anilines is 1. The van der Waals surface area contributed by atoms with E-state index in [1.54, 1.807) is 31.0 Å². The fourth-order valence-electron chi connectivity index (χ4n) is 2.92. The Morgan fingerprint density at radius 1 is 1.04 bits per heavy atom. The zero-order valence-corrected chi connectivity index (χ0v) is 16.7. The predicted octanol–water partition coefficient (Wildman–Crippen LogP) is 3.12. The lowest BCUT2D eigenvalue weighted by Crippen LogP contribution is -2.48. The van der Waals surface area contributed by atoms with E-state index in [9.17, 15) is 13.2 Å². The molecule has 0 fully saturated rings. The van der Waals surface area contributed by atoms with Crippen LogP contribution in [0.15, 0.2) is 48.5 Å². The zero-order chi connectivity index (χ0) is 19.5. The molecular formula is C20H26N2O3S. The van der Waals surface area contributed by atoms with Gasteiger partial charge in [0.1, 0.15) is 6.04 Å². The van der Waals surface area contributed by atoms with Crippen molar-refractivity contribution >= 4 is 21.6 Å². The van der Waals surface area contributed by atoms with Crippen molar-refractivity contribution in [1.82, 2.24) is 4.90 Å². The summed E-state index contributed by atoms with van der Waals surface area (Å²) in [4.78, 5) is 14.4. The normalized spacial score (nSPS) is 12.5. The molecule has 0 saturated heterocycles. The van der Waals surface area contributed by atoms with Crippen LogP contribution in [0.4, 0.5) is 5.69 Å². The average Bonchev–Trinajstić information content (AvgIpc) is 2.57. The lowest BCUT2D eigenvalue weighted by Gasteiger charge is -2.31. The summed E-state index contributed by atoms with van der Waals surface area (Å²) in [6.07, 6.45) is 1.13. The van der Waals surface area contributed by atoms with Crippen LogP contribution in [0.25, 0.3) is 0 Å². The molecular weight excluding hydrogens is 348 g/mol. The van der Waals surface area contributed by atoms with E-state index >= 15 is 0 Å². The first-order valence-electron chi connectivity index (χ1n) is 8.47. The Kier molecular flexibility index (Phi) is 6.08. The third-order valence-corrected chi connectivity index (χ3v) is 5.69. The van der Waals surface area contributed by atoms with Gasteiger partial charge >= 0.3 is 0 Å². The number of likely N-dealkylation sites (N-methyl/N-ethyl adjacent to an activating group) is 1. The number of amides is 1. The van der Waals surface area contributed by atoms with Gasteiger partial charge in [-0.2, -0.15) is 0 Å². The fraction of sp³-hybridized carbons (Fsp3) is 0.350. The first-order valence-corrected chi connectivity index (χ1v) is 10.3. The molecule has 0 aliphatic carbocycles. The number of nitrogens with zero attached hydrogens (tertiary/aromatic N) is 2. The number of hydrogen-bond acceptors (Lipinski definition) is 3. The van der Waals surface area contributed by atoms with E-state index in [-0.39, 0.29) is 5.91 Å². The van der Waals surface area contributed by atoms with Gasteiger partial charge in [-0.25, -0.2) is 8.42 Å². The van der Waals surface area contributed by atoms with Crippen molar-refractivity contribution in [2.45, 2.75) is 33.4 Å². The van der Waals surface area contributed by atoms with E-state index in [2.05, 4.69) is 0 Å². The van der Waals surface area contributed by atoms with Crippen LogP contribution in [-0.2, 0) is 21.4 Å². The quantitative estimate of drug-likeness (QED) is 0.781. The lowest BCUT2D eigenvalue weighted by atomic mass is 10.1. The molecule has 26 heavy (non-hydrogen) atoms. The Balaban J connectivity index is 2.30. The van der Waals surface area contributed by atoms with Crippen LogP contribution < -0.4 is 4.31 Å². The highest BCUT2D eigenvalue weighted by Crippen LogP contribution is 2.24. The summed E-state index contributed by atoms with van der Waals surface area (Å²) in [5, 5.41) is 0. The largest absolute Gasteiger partial charge is 0.340 e. The van der Waals surface area contributed by atoms with Crippen molar-refractivity contribution in [2.24, 2.45) is 0 Å². The molecule has 1 atom stereocenters. The number of carbonyl (C=O) groups excluding carboxylic acids is 1. The number of carbonyl (C=O) groups is 1. The van der Waals surface area contributed by atoms with Gasteiger partial charge in [0.15, 0.2) is 0 Å². The lowest BCUT2D eigenvalue weighted by molar-refractivity contribution is -0.131. The van der Waals surface area contributed by atoms with E-state index < -0.39 is 16.1 Å². The second-order valence-electron chi connectivity index (χ2n) is 6.68. The summed E-state index contributed by atoms with van der Waals surface area (Å²) in [6.45, 7) is 5.94. The third kappa shape index (κ3) is 4.64. The van der Waals surface area contributed by atoms with Gasteiger partial charge in [-0.05, 0) is 49.6 Å². The molecule has 5 nitrogen and oxygen atoms in total. The maximum Gasteiger partial charge on any atom is 0.246 e. The number of benzene rings is 2. The number of rotatable bonds is 6. The summed E-state index contributed by atoms with van der Waals surface area (Å²) >= 11 is 0. The highest BCUT2D eigenvalue weighted by molar-refractivity contribution is 7.92. The molecule has 2 rings (SSSR count). The second kappa shape index (κ2) is 7.91. The topological polar surface area (TPSA) is 57.7 Å². The predicted molar refractivity (Wildman–Crippen MR) is 106 cm³/mol. The second-order valence-corrected chi connectivity index (χ2v) is 8.54. The summed E-state index contributed by atoms with van der Waals surface area (Å²) in [6, 6.07) is 14.2. The van der Waals surface area contributed by atoms with Gasteiger partial charge < -0.3 is 4.90 Å². The summed E-state index contributed by atoms with van der Waals surface area (Å²) in [5.74, 6) is -0.252. The van der Waals surface area contributed by atoms with E-state index in [4.69, 9.17) is 0 Å². The van der Waals surface area contributed by atoms with Crippen LogP contribution >= 0.6 is 0 Å². The molecule has 2 aromatic carbocycles. The number of aryl methyl sites for hydroxylation is 2. The molecule has 0 spiro atoms. The Morgan fingerprint density at radius 3 is 2.19 bits per heavy atom. The van der Waals surface area contributed by atoms with E-state index in [0.717, 1.165) is 22.9 Å². The molecule has 0 unspecified atom stereocenters. The molecule has 140 valence electrons. The monoisotopic (exact) mass is 374 g/mol.